The predicted molar refractivity (Wildman–Crippen MR) is 572 cm³/mol. The number of ether oxygens (including phenoxy) is 2. The van der Waals surface area contributed by atoms with Gasteiger partial charge in [0.05, 0.1) is 62.3 Å². The van der Waals surface area contributed by atoms with E-state index in [0.29, 0.717) is 63.0 Å². The lowest BCUT2D eigenvalue weighted by Gasteiger charge is -2.22. The number of hydrogen-bond acceptors (Lipinski definition) is 33. The lowest BCUT2D eigenvalue weighted by atomic mass is 9.92. The largest absolute Gasteiger partial charge is 0.505 e. The number of rotatable bonds is 20. The number of thiophene rings is 4. The number of H-pyrrole nitrogens is 1. The Hall–Kier alpha value is -9.73. The molecule has 3 aromatic carbocycles. The highest BCUT2D eigenvalue weighted by Gasteiger charge is 2.35. The maximum atomic E-state index is 13.4. The molecule has 13 rings (SSSR count). The van der Waals surface area contributed by atoms with E-state index in [0.717, 1.165) is 31.0 Å². The fourth-order valence-corrected chi connectivity index (χ4v) is 20.2. The van der Waals surface area contributed by atoms with Crippen LogP contribution in [0.5, 0.6) is 23.0 Å². The smallest absolute Gasteiger partial charge is 0.347 e. The molecular formula is C88H119BrI2N16O22S9. The zero-order valence-electron chi connectivity index (χ0n) is 75.4. The third-order valence-corrected chi connectivity index (χ3v) is 27.3. The molecule has 2 aliphatic heterocycles. The van der Waals surface area contributed by atoms with Crippen molar-refractivity contribution < 1.29 is 81.6 Å². The normalized spacial score (nSPS) is 12.8. The summed E-state index contributed by atoms with van der Waals surface area (Å²) < 4.78 is 140. The molecule has 0 aliphatic carbocycles. The summed E-state index contributed by atoms with van der Waals surface area (Å²) in [5.74, 6) is -4.03. The first-order valence-corrected chi connectivity index (χ1v) is 55.2. The number of aromatic hydroxyl groups is 4. The first kappa shape index (κ1) is 122. The number of benzene rings is 3. The monoisotopic (exact) mass is 2370 g/mol. The highest BCUT2D eigenvalue weighted by Crippen LogP contribution is 2.40. The van der Waals surface area contributed by atoms with Crippen LogP contribution in [-0.4, -0.2) is 157 Å². The van der Waals surface area contributed by atoms with Gasteiger partial charge in [-0.3, -0.25) is 23.9 Å². The number of aromatic amines is 1. The average Bonchev–Trinajstić information content (AvgIpc) is 1.31. The summed E-state index contributed by atoms with van der Waals surface area (Å²) in [5, 5.41) is 84.8. The van der Waals surface area contributed by atoms with Gasteiger partial charge >= 0.3 is 11.9 Å². The van der Waals surface area contributed by atoms with Crippen molar-refractivity contribution in [3.05, 3.63) is 195 Å². The molecule has 0 atom stereocenters. The van der Waals surface area contributed by atoms with E-state index in [9.17, 15) is 91.3 Å². The quantitative estimate of drug-likeness (QED) is 0.0146. The maximum Gasteiger partial charge on any atom is 0.347 e. The molecule has 0 saturated carbocycles. The molecule has 0 fully saturated rings. The van der Waals surface area contributed by atoms with E-state index in [1.165, 1.54) is 96.1 Å². The van der Waals surface area contributed by atoms with E-state index in [1.54, 1.807) is 79.2 Å². The first-order chi connectivity index (χ1) is 62.0. The third-order valence-electron chi connectivity index (χ3n) is 17.9. The molecule has 8 aromatic heterocycles. The summed E-state index contributed by atoms with van der Waals surface area (Å²) >= 11 is 12.8. The highest BCUT2D eigenvalue weighted by molar-refractivity contribution is 14.1. The summed E-state index contributed by atoms with van der Waals surface area (Å²) in [4.78, 5) is 76.9. The molecule has 2 aliphatic rings. The summed E-state index contributed by atoms with van der Waals surface area (Å²) in [6.45, 7) is 29.5. The van der Waals surface area contributed by atoms with E-state index in [4.69, 9.17) is 20.3 Å². The molecule has 11 aromatic rings. The van der Waals surface area contributed by atoms with Crippen molar-refractivity contribution in [2.45, 2.75) is 187 Å². The fourth-order valence-electron chi connectivity index (χ4n) is 11.3. The zero-order valence-corrected chi connectivity index (χ0v) is 88.6. The highest BCUT2D eigenvalue weighted by atomic mass is 127. The van der Waals surface area contributed by atoms with Gasteiger partial charge in [-0.05, 0) is 207 Å². The lowest BCUT2D eigenvalue weighted by molar-refractivity contribution is 0.0509. The Morgan fingerprint density at radius 1 is 0.500 bits per heavy atom. The van der Waals surface area contributed by atoms with Crippen molar-refractivity contribution in [1.82, 2.24) is 39.5 Å². The summed E-state index contributed by atoms with van der Waals surface area (Å²) in [6, 6.07) is 27.6. The van der Waals surface area contributed by atoms with E-state index in [2.05, 4.69) is 133 Å². The van der Waals surface area contributed by atoms with Gasteiger partial charge in [-0.25, -0.2) is 64.3 Å². The lowest BCUT2D eigenvalue weighted by Crippen LogP contribution is -2.34. The second kappa shape index (κ2) is 51.1. The zero-order chi connectivity index (χ0) is 101. The Morgan fingerprint density at radius 3 is 1.18 bits per heavy atom. The number of carbonyl (C=O) groups excluding carboxylic acids is 2. The van der Waals surface area contributed by atoms with Crippen LogP contribution >= 0.6 is 106 Å². The number of alkyl halides is 1. The second-order valence-electron chi connectivity index (χ2n) is 34.1. The number of nitrogen functional groups attached to an aromatic ring is 1. The minimum Gasteiger partial charge on any atom is -0.505 e. The number of aryl methyl sites for hydroxylation is 3. The Labute approximate surface area is 856 Å². The van der Waals surface area contributed by atoms with Crippen LogP contribution in [0, 0.1) is 28.8 Å². The van der Waals surface area contributed by atoms with Gasteiger partial charge in [-0.15, -0.1) is 54.1 Å². The number of primary sulfonamides is 2. The maximum absolute atomic E-state index is 13.4. The van der Waals surface area contributed by atoms with Crippen LogP contribution < -0.4 is 53.6 Å². The molecular weight excluding hydrogens is 2260 g/mol. The summed E-state index contributed by atoms with van der Waals surface area (Å²) in [5.41, 5.74) is 3.05. The van der Waals surface area contributed by atoms with Crippen LogP contribution in [0.4, 0.5) is 22.7 Å². The van der Waals surface area contributed by atoms with Crippen LogP contribution in [0.3, 0.4) is 0 Å². The molecule has 38 nitrogen and oxygen atoms in total. The number of fused-ring (bicyclic) bond motifs is 2. The Morgan fingerprint density at radius 2 is 0.841 bits per heavy atom. The standard InChI is InChI=1S/C22H25N5O6S3.C21H21IN4O4S2.C17H22N2O4S.C11H10N2O4S.C6H13Br.C6H7IN2O2S.CH5NO2S.4CH4/c1-22(2,3)9-10-27-21(29)17(19(28)18(24-27)15-6-5-11-34-15)20-23-14-8-7-13(25-35(4,30)31)12-16(14)36(32,33)26-20;1-21(2,3)8-9-26-20(28)16(18(27)17(24-26)14-5-4-10-31-14)19-23-13-7-6-12(22)11-15(13)32(29,30)25-19;1-5-23-16(22)12-14(20)13(11-7-6-10-24-11)18-19(15(12)21)9-8-17(2,3)4;1-2-17-11(16)7-9(14)8(12-13-10(7)15)6-4-3-5-18-6;1-6(2,3)4-5-7;7-4-1-2-5(8)6(3-4)12(9,10)11;1-5(2,3)4;;;;/h5-8,11-12,25,28H,9-10H2,1-4H3,(H,23,26);4-7,10-11,27H,8-9H2,1-3H3,(H,23,25);6-7,10,20H,5,8-9H2,1-4H3;3-5H,2H2,1H3,(H2,13,14,15);4-5H2,1-3H3;1-3H,8H2,(H2,9,10,11);1H3,(H2,2,3,4);4*1H4. The van der Waals surface area contributed by atoms with Crippen LogP contribution in [0.15, 0.2) is 167 Å². The van der Waals surface area contributed by atoms with Gasteiger partial charge in [0, 0.05) is 37.8 Å². The number of sulfonamides is 5. The minimum absolute atomic E-state index is 0. The molecule has 50 heteroatoms. The number of hydrogen-bond donors (Lipinski definition) is 11. The minimum atomic E-state index is -4.35. The molecule has 0 radical (unpaired) electrons. The van der Waals surface area contributed by atoms with Crippen LogP contribution in [-0.2, 0) is 79.2 Å². The number of halogens is 3. The molecule has 14 N–H and O–H groups in total. The number of esters is 2. The number of nitrogens with zero attached hydrogens (tertiary/aromatic N) is 9. The number of nitrogens with one attached hydrogen (secondary N) is 4. The third kappa shape index (κ3) is 35.8. The summed E-state index contributed by atoms with van der Waals surface area (Å²) in [7, 11) is -18.9. The second-order valence-corrected chi connectivity index (χ2v) is 49.2. The molecule has 0 unspecified atom stereocenters. The molecule has 0 spiro atoms. The molecule has 10 heterocycles. The molecule has 758 valence electrons. The molecule has 0 bridgehead atoms. The fraction of sp³-hybridized carbons (Fsp3) is 0.386. The van der Waals surface area contributed by atoms with Crippen molar-refractivity contribution in [2.24, 2.45) is 40.7 Å². The van der Waals surface area contributed by atoms with E-state index >= 15 is 0 Å². The van der Waals surface area contributed by atoms with E-state index in [1.807, 2.05) is 88.8 Å². The van der Waals surface area contributed by atoms with E-state index in [-0.39, 0.29) is 149 Å². The van der Waals surface area contributed by atoms with Crippen molar-refractivity contribution in [3.63, 3.8) is 0 Å². The number of aromatic nitrogens is 8. The average molecular weight is 2380 g/mol. The molecule has 138 heavy (non-hydrogen) atoms. The Bertz CT molecular complexity index is 7010. The molecule has 0 saturated heterocycles. The van der Waals surface area contributed by atoms with Gasteiger partial charge in [0.1, 0.15) is 48.6 Å². The van der Waals surface area contributed by atoms with Crippen molar-refractivity contribution in [2.75, 3.05) is 52.1 Å². The van der Waals surface area contributed by atoms with E-state index < -0.39 is 113 Å². The van der Waals surface area contributed by atoms with Gasteiger partial charge in [0.25, 0.3) is 42.3 Å². The Kier molecular flexibility index (Phi) is 45.3. The van der Waals surface area contributed by atoms with Crippen molar-refractivity contribution in [1.29, 1.82) is 0 Å². The predicted octanol–water partition coefficient (Wildman–Crippen LogP) is 16.8. The van der Waals surface area contributed by atoms with Crippen molar-refractivity contribution >= 4 is 203 Å². The Balaban J connectivity index is 0.000000441. The topological polar surface area (TPSA) is 594 Å². The van der Waals surface area contributed by atoms with Crippen LogP contribution in [0.2, 0.25) is 0 Å². The number of anilines is 4. The van der Waals surface area contributed by atoms with Gasteiger partial charge in [0.15, 0.2) is 45.8 Å². The van der Waals surface area contributed by atoms with Gasteiger partial charge in [0.2, 0.25) is 30.1 Å². The first-order valence-electron chi connectivity index (χ1n) is 40.1. The van der Waals surface area contributed by atoms with Gasteiger partial charge in [-0.2, -0.15) is 37.2 Å². The SMILES string of the molecule is C.C.C.C.CC(C)(C)CCBr.CC(C)(C)CCn1nc(-c2cccs2)c(O)c(C2=NS(=O)(=O)c3cc(I)ccc3N2)c1=O.CC(C)(C)CCn1nc(-c2cccs2)c(O)c(C2=NS(=O)(=O)c3cc(NS(C)(=O)=O)ccc3N2)c1=O.CCOC(=O)c1c(O)c(-c2cccs2)n[nH]c1=O.CCOC(=O)c1c(O)c(-c2cccs2)nn(CCC(C)(C)C)c1=O.CS(N)(=O)=O.Nc1ccc(I)cc1S(N)(=O)=O. The number of nitrogens with two attached hydrogens (primary N) is 3. The van der Waals surface area contributed by atoms with Gasteiger partial charge < -0.3 is 46.3 Å². The van der Waals surface area contributed by atoms with Crippen LogP contribution in [0.25, 0.3) is 42.3 Å². The summed E-state index contributed by atoms with van der Waals surface area (Å²) in [6.07, 6.45) is 5.10. The number of amidine groups is 2. The van der Waals surface area contributed by atoms with Gasteiger partial charge in [-0.1, -0.05) is 153 Å². The molecule has 0 amide bonds. The van der Waals surface area contributed by atoms with Crippen LogP contribution in [0.1, 0.15) is 184 Å². The number of carbonyl (C=O) groups is 2. The van der Waals surface area contributed by atoms with Crippen molar-refractivity contribution in [3.8, 4) is 65.3 Å².